The summed E-state index contributed by atoms with van der Waals surface area (Å²) in [6, 6.07) is 4.59. The van der Waals surface area contributed by atoms with Crippen molar-refractivity contribution in [2.24, 2.45) is 5.73 Å². The molecule has 78 valence electrons. The SMILES string of the molecule is NCc1noc(-c2cccc(F)c2Br)n1. The van der Waals surface area contributed by atoms with E-state index in [0.717, 1.165) is 0 Å². The van der Waals surface area contributed by atoms with Crippen LogP contribution in [-0.2, 0) is 6.54 Å². The average Bonchev–Trinajstić information content (AvgIpc) is 2.70. The molecule has 4 nitrogen and oxygen atoms in total. The number of nitrogens with two attached hydrogens (primary N) is 1. The number of hydrogen-bond donors (Lipinski definition) is 1. The Balaban J connectivity index is 2.49. The number of rotatable bonds is 2. The summed E-state index contributed by atoms with van der Waals surface area (Å²) in [5.41, 5.74) is 5.85. The van der Waals surface area contributed by atoms with Crippen molar-refractivity contribution < 1.29 is 8.91 Å². The van der Waals surface area contributed by atoms with Crippen LogP contribution in [0.4, 0.5) is 4.39 Å². The largest absolute Gasteiger partial charge is 0.334 e. The molecule has 0 saturated heterocycles. The lowest BCUT2D eigenvalue weighted by Crippen LogP contribution is -1.97. The highest BCUT2D eigenvalue weighted by atomic mass is 79.9. The first-order chi connectivity index (χ1) is 7.22. The Labute approximate surface area is 93.4 Å². The van der Waals surface area contributed by atoms with Crippen LogP contribution in [0.1, 0.15) is 5.82 Å². The summed E-state index contributed by atoms with van der Waals surface area (Å²) in [7, 11) is 0. The minimum Gasteiger partial charge on any atom is -0.334 e. The van der Waals surface area contributed by atoms with Crippen molar-refractivity contribution in [3.05, 3.63) is 34.3 Å². The van der Waals surface area contributed by atoms with Gasteiger partial charge in [0, 0.05) is 0 Å². The van der Waals surface area contributed by atoms with Crippen LogP contribution in [0.15, 0.2) is 27.2 Å². The third-order valence-electron chi connectivity index (χ3n) is 1.83. The van der Waals surface area contributed by atoms with E-state index >= 15 is 0 Å². The van der Waals surface area contributed by atoms with Gasteiger partial charge in [-0.2, -0.15) is 4.98 Å². The molecule has 0 radical (unpaired) electrons. The predicted octanol–water partition coefficient (Wildman–Crippen LogP) is 2.10. The van der Waals surface area contributed by atoms with Gasteiger partial charge in [0.15, 0.2) is 5.82 Å². The second-order valence-electron chi connectivity index (χ2n) is 2.82. The molecular weight excluding hydrogens is 265 g/mol. The Kier molecular flexibility index (Phi) is 2.79. The smallest absolute Gasteiger partial charge is 0.259 e. The number of nitrogens with zero attached hydrogens (tertiary/aromatic N) is 2. The normalized spacial score (nSPS) is 10.6. The molecule has 0 amide bonds. The summed E-state index contributed by atoms with van der Waals surface area (Å²) in [4.78, 5) is 4.00. The van der Waals surface area contributed by atoms with Gasteiger partial charge in [-0.25, -0.2) is 4.39 Å². The van der Waals surface area contributed by atoms with Crippen LogP contribution in [0.3, 0.4) is 0 Å². The average molecular weight is 272 g/mol. The predicted molar refractivity (Wildman–Crippen MR) is 55.3 cm³/mol. The van der Waals surface area contributed by atoms with Gasteiger partial charge < -0.3 is 10.3 Å². The molecule has 2 N–H and O–H groups in total. The minimum atomic E-state index is -0.375. The third-order valence-corrected chi connectivity index (χ3v) is 2.64. The van der Waals surface area contributed by atoms with Crippen LogP contribution < -0.4 is 5.73 Å². The molecule has 0 aliphatic heterocycles. The van der Waals surface area contributed by atoms with E-state index in [-0.39, 0.29) is 18.3 Å². The Bertz CT molecular complexity index is 486. The van der Waals surface area contributed by atoms with Gasteiger partial charge in [0.1, 0.15) is 5.82 Å². The Morgan fingerprint density at radius 2 is 2.27 bits per heavy atom. The number of hydrogen-bond acceptors (Lipinski definition) is 4. The van der Waals surface area contributed by atoms with Gasteiger partial charge in [-0.05, 0) is 28.1 Å². The summed E-state index contributed by atoms with van der Waals surface area (Å²) < 4.78 is 18.4. The zero-order valence-corrected chi connectivity index (χ0v) is 9.16. The van der Waals surface area contributed by atoms with E-state index < -0.39 is 0 Å². The lowest BCUT2D eigenvalue weighted by atomic mass is 10.2. The zero-order valence-electron chi connectivity index (χ0n) is 7.58. The first-order valence-corrected chi connectivity index (χ1v) is 4.98. The van der Waals surface area contributed by atoms with Gasteiger partial charge in [0.05, 0.1) is 16.6 Å². The molecule has 15 heavy (non-hydrogen) atoms. The third kappa shape index (κ3) is 1.91. The van der Waals surface area contributed by atoms with Crippen molar-refractivity contribution in [2.45, 2.75) is 6.54 Å². The molecule has 0 spiro atoms. The number of halogens is 2. The van der Waals surface area contributed by atoms with Crippen molar-refractivity contribution in [3.63, 3.8) is 0 Å². The molecule has 2 aromatic rings. The van der Waals surface area contributed by atoms with E-state index in [4.69, 9.17) is 10.3 Å². The second-order valence-corrected chi connectivity index (χ2v) is 3.61. The van der Waals surface area contributed by atoms with E-state index in [0.29, 0.717) is 15.9 Å². The molecule has 1 aromatic carbocycles. The molecule has 0 bridgehead atoms. The highest BCUT2D eigenvalue weighted by Crippen LogP contribution is 2.28. The molecule has 0 unspecified atom stereocenters. The van der Waals surface area contributed by atoms with Gasteiger partial charge in [-0.1, -0.05) is 11.2 Å². The fraction of sp³-hybridized carbons (Fsp3) is 0.111. The maximum atomic E-state index is 13.2. The van der Waals surface area contributed by atoms with Gasteiger partial charge in [-0.15, -0.1) is 0 Å². The fourth-order valence-electron chi connectivity index (χ4n) is 1.12. The maximum absolute atomic E-state index is 13.2. The lowest BCUT2D eigenvalue weighted by Gasteiger charge is -1.98. The lowest BCUT2D eigenvalue weighted by molar-refractivity contribution is 0.422. The molecule has 1 heterocycles. The van der Waals surface area contributed by atoms with Gasteiger partial charge in [-0.3, -0.25) is 0 Å². The maximum Gasteiger partial charge on any atom is 0.259 e. The first-order valence-electron chi connectivity index (χ1n) is 4.19. The fourth-order valence-corrected chi connectivity index (χ4v) is 1.55. The van der Waals surface area contributed by atoms with Crippen molar-refractivity contribution in [1.82, 2.24) is 10.1 Å². The van der Waals surface area contributed by atoms with Crippen LogP contribution >= 0.6 is 15.9 Å². The summed E-state index contributed by atoms with van der Waals surface area (Å²) in [5, 5.41) is 3.63. The van der Waals surface area contributed by atoms with Gasteiger partial charge >= 0.3 is 0 Å². The highest BCUT2D eigenvalue weighted by molar-refractivity contribution is 9.10. The van der Waals surface area contributed by atoms with Crippen molar-refractivity contribution >= 4 is 15.9 Å². The van der Waals surface area contributed by atoms with E-state index in [2.05, 4.69) is 26.1 Å². The highest BCUT2D eigenvalue weighted by Gasteiger charge is 2.13. The van der Waals surface area contributed by atoms with Crippen LogP contribution in [0.25, 0.3) is 11.5 Å². The minimum absolute atomic E-state index is 0.191. The van der Waals surface area contributed by atoms with Crippen LogP contribution in [0, 0.1) is 5.82 Å². The molecule has 0 aliphatic rings. The molecule has 0 atom stereocenters. The molecule has 1 aromatic heterocycles. The van der Waals surface area contributed by atoms with Crippen LogP contribution in [0.5, 0.6) is 0 Å². The summed E-state index contributed by atoms with van der Waals surface area (Å²) >= 11 is 3.11. The summed E-state index contributed by atoms with van der Waals surface area (Å²) in [5.74, 6) is 0.267. The Morgan fingerprint density at radius 1 is 1.47 bits per heavy atom. The Hall–Kier alpha value is -1.27. The Morgan fingerprint density at radius 3 is 2.93 bits per heavy atom. The van der Waals surface area contributed by atoms with Gasteiger partial charge in [0.2, 0.25) is 0 Å². The summed E-state index contributed by atoms with van der Waals surface area (Å²) in [6.07, 6.45) is 0. The summed E-state index contributed by atoms with van der Waals surface area (Å²) in [6.45, 7) is 0.191. The van der Waals surface area contributed by atoms with E-state index in [9.17, 15) is 4.39 Å². The quantitative estimate of drug-likeness (QED) is 0.909. The van der Waals surface area contributed by atoms with Crippen LogP contribution in [0.2, 0.25) is 0 Å². The molecule has 2 rings (SSSR count). The molecular formula is C9H7BrFN3O. The first kappa shape index (κ1) is 10.3. The van der Waals surface area contributed by atoms with E-state index in [1.54, 1.807) is 12.1 Å². The monoisotopic (exact) mass is 271 g/mol. The second kappa shape index (κ2) is 4.08. The van der Waals surface area contributed by atoms with E-state index in [1.807, 2.05) is 0 Å². The van der Waals surface area contributed by atoms with Crippen LogP contribution in [-0.4, -0.2) is 10.1 Å². The zero-order chi connectivity index (χ0) is 10.8. The number of benzene rings is 1. The van der Waals surface area contributed by atoms with Crippen molar-refractivity contribution in [2.75, 3.05) is 0 Å². The molecule has 6 heteroatoms. The van der Waals surface area contributed by atoms with Crippen molar-refractivity contribution in [3.8, 4) is 11.5 Å². The topological polar surface area (TPSA) is 64.9 Å². The molecule has 0 aliphatic carbocycles. The standard InChI is InChI=1S/C9H7BrFN3O/c10-8-5(2-1-3-6(8)11)9-13-7(4-12)14-15-9/h1-3H,4,12H2. The van der Waals surface area contributed by atoms with Gasteiger partial charge in [0.25, 0.3) is 5.89 Å². The van der Waals surface area contributed by atoms with E-state index in [1.165, 1.54) is 6.07 Å². The molecule has 0 fully saturated rings. The van der Waals surface area contributed by atoms with Crippen molar-refractivity contribution in [1.29, 1.82) is 0 Å². The number of aromatic nitrogens is 2. The molecule has 0 saturated carbocycles.